The van der Waals surface area contributed by atoms with Crippen LogP contribution in [-0.4, -0.2) is 33.1 Å². The van der Waals surface area contributed by atoms with Crippen molar-refractivity contribution in [3.05, 3.63) is 53.6 Å². The maximum Gasteiger partial charge on any atom is 0.337 e. The zero-order valence-electron chi connectivity index (χ0n) is 14.9. The molecule has 0 unspecified atom stereocenters. The molecule has 6 nitrogen and oxygen atoms in total. The van der Waals surface area contributed by atoms with Crippen molar-refractivity contribution >= 4 is 27.4 Å². The Hall–Kier alpha value is -2.68. The van der Waals surface area contributed by atoms with Crippen molar-refractivity contribution in [1.29, 1.82) is 0 Å². The number of carbonyl (C=O) groups is 1. The summed E-state index contributed by atoms with van der Waals surface area (Å²) >= 11 is 0. The van der Waals surface area contributed by atoms with Gasteiger partial charge in [0.2, 0.25) is 0 Å². The fraction of sp³-hybridized carbons (Fsp3) is 0.278. The van der Waals surface area contributed by atoms with E-state index in [1.807, 2.05) is 6.92 Å². The van der Waals surface area contributed by atoms with Crippen molar-refractivity contribution in [3.63, 3.8) is 0 Å². The van der Waals surface area contributed by atoms with E-state index in [0.717, 1.165) is 18.9 Å². The molecule has 2 aromatic carbocycles. The highest BCUT2D eigenvalue weighted by Gasteiger charge is 2.19. The molecule has 0 aliphatic rings. The van der Waals surface area contributed by atoms with Crippen LogP contribution < -0.4 is 9.62 Å². The van der Waals surface area contributed by atoms with Crippen molar-refractivity contribution < 1.29 is 27.1 Å². The Morgan fingerprint density at radius 3 is 2.44 bits per heavy atom. The summed E-state index contributed by atoms with van der Waals surface area (Å²) in [6.07, 6.45) is 1.82. The van der Waals surface area contributed by atoms with Crippen LogP contribution in [0.25, 0.3) is 0 Å². The highest BCUT2D eigenvalue weighted by atomic mass is 32.2. The first kappa shape index (κ1) is 20.6. The van der Waals surface area contributed by atoms with E-state index >= 15 is 0 Å². The zero-order valence-corrected chi connectivity index (χ0v) is 15.7. The van der Waals surface area contributed by atoms with E-state index in [9.17, 15) is 27.1 Å². The third-order valence-electron chi connectivity index (χ3n) is 3.94. The van der Waals surface area contributed by atoms with Gasteiger partial charge in [0.05, 0.1) is 16.1 Å². The maximum absolute atomic E-state index is 13.3. The van der Waals surface area contributed by atoms with Crippen LogP contribution in [0.4, 0.5) is 20.2 Å². The van der Waals surface area contributed by atoms with Crippen LogP contribution >= 0.6 is 0 Å². The minimum atomic E-state index is -4.21. The Morgan fingerprint density at radius 1 is 1.15 bits per heavy atom. The number of rotatable bonds is 8. The number of hydrogen-bond acceptors (Lipinski definition) is 4. The van der Waals surface area contributed by atoms with Crippen molar-refractivity contribution in [1.82, 2.24) is 0 Å². The fourth-order valence-corrected chi connectivity index (χ4v) is 3.54. The van der Waals surface area contributed by atoms with Crippen molar-refractivity contribution in [3.8, 4) is 0 Å². The molecule has 0 saturated heterocycles. The number of carboxylic acids is 1. The molecule has 0 atom stereocenters. The van der Waals surface area contributed by atoms with Gasteiger partial charge in [0.1, 0.15) is 0 Å². The lowest BCUT2D eigenvalue weighted by atomic mass is 10.1. The normalized spacial score (nSPS) is 11.3. The van der Waals surface area contributed by atoms with Gasteiger partial charge in [0, 0.05) is 19.3 Å². The van der Waals surface area contributed by atoms with Crippen LogP contribution in [0, 0.1) is 11.6 Å². The molecule has 0 radical (unpaired) electrons. The predicted molar refractivity (Wildman–Crippen MR) is 98.7 cm³/mol. The Morgan fingerprint density at radius 2 is 1.85 bits per heavy atom. The molecule has 146 valence electrons. The van der Waals surface area contributed by atoms with Crippen LogP contribution in [-0.2, 0) is 10.0 Å². The quantitative estimate of drug-likeness (QED) is 0.708. The lowest BCUT2D eigenvalue weighted by Crippen LogP contribution is -2.21. The van der Waals surface area contributed by atoms with E-state index in [-0.39, 0.29) is 11.3 Å². The van der Waals surface area contributed by atoms with E-state index in [1.165, 1.54) is 18.2 Å². The lowest BCUT2D eigenvalue weighted by molar-refractivity contribution is 0.0697. The van der Waals surface area contributed by atoms with E-state index in [2.05, 4.69) is 4.72 Å². The highest BCUT2D eigenvalue weighted by Crippen LogP contribution is 2.26. The van der Waals surface area contributed by atoms with Crippen LogP contribution in [0.2, 0.25) is 0 Å². The Bertz CT molecular complexity index is 948. The molecule has 2 aromatic rings. The van der Waals surface area contributed by atoms with Gasteiger partial charge in [-0.25, -0.2) is 22.0 Å². The molecule has 0 aromatic heterocycles. The number of nitrogens with zero attached hydrogens (tertiary/aromatic N) is 1. The molecule has 0 bridgehead atoms. The second kappa shape index (κ2) is 8.34. The minimum Gasteiger partial charge on any atom is -0.478 e. The molecule has 0 aliphatic heterocycles. The predicted octanol–water partition coefficient (Wildman–Crippen LogP) is 3.70. The summed E-state index contributed by atoms with van der Waals surface area (Å²) in [7, 11) is -2.45. The van der Waals surface area contributed by atoms with Crippen LogP contribution in [0.3, 0.4) is 0 Å². The summed E-state index contributed by atoms with van der Waals surface area (Å²) in [5.74, 6) is -3.67. The SMILES string of the molecule is CCCCN(C)c1ccc(NS(=O)(=O)c2ccc(F)c(F)c2)cc1C(=O)O. The number of aromatic carboxylic acids is 1. The Labute approximate surface area is 156 Å². The van der Waals surface area contributed by atoms with Gasteiger partial charge < -0.3 is 10.0 Å². The summed E-state index contributed by atoms with van der Waals surface area (Å²) in [5.41, 5.74) is 0.385. The summed E-state index contributed by atoms with van der Waals surface area (Å²) in [6, 6.07) is 6.30. The summed E-state index contributed by atoms with van der Waals surface area (Å²) < 4.78 is 53.2. The minimum absolute atomic E-state index is 0.00442. The van der Waals surface area contributed by atoms with Crippen molar-refractivity contribution in [2.24, 2.45) is 0 Å². The van der Waals surface area contributed by atoms with Gasteiger partial charge in [-0.1, -0.05) is 13.3 Å². The summed E-state index contributed by atoms with van der Waals surface area (Å²) in [6.45, 7) is 2.67. The summed E-state index contributed by atoms with van der Waals surface area (Å²) in [4.78, 5) is 12.9. The first-order chi connectivity index (χ1) is 12.7. The molecular formula is C18H20F2N2O4S. The third kappa shape index (κ3) is 4.94. The van der Waals surface area contributed by atoms with Gasteiger partial charge in [-0.3, -0.25) is 4.72 Å². The van der Waals surface area contributed by atoms with E-state index in [0.29, 0.717) is 24.4 Å². The fourth-order valence-electron chi connectivity index (χ4n) is 2.48. The maximum atomic E-state index is 13.3. The molecule has 2 rings (SSSR count). The molecular weight excluding hydrogens is 378 g/mol. The molecule has 0 amide bonds. The third-order valence-corrected chi connectivity index (χ3v) is 5.32. The lowest BCUT2D eigenvalue weighted by Gasteiger charge is -2.21. The first-order valence-electron chi connectivity index (χ1n) is 8.22. The van der Waals surface area contributed by atoms with Crippen molar-refractivity contribution in [2.75, 3.05) is 23.2 Å². The standard InChI is InChI=1S/C18H20F2N2O4S/c1-3-4-9-22(2)17-8-5-12(10-14(17)18(23)24)21-27(25,26)13-6-7-15(19)16(20)11-13/h5-8,10-11,21H,3-4,9H2,1-2H3,(H,23,24). The molecule has 0 spiro atoms. The van der Waals surface area contributed by atoms with Gasteiger partial charge in [0.15, 0.2) is 11.6 Å². The molecule has 27 heavy (non-hydrogen) atoms. The summed E-state index contributed by atoms with van der Waals surface area (Å²) in [5, 5.41) is 9.45. The Kier molecular flexibility index (Phi) is 6.37. The smallest absolute Gasteiger partial charge is 0.337 e. The second-order valence-corrected chi connectivity index (χ2v) is 7.68. The Balaban J connectivity index is 2.34. The molecule has 0 aliphatic carbocycles. The molecule has 2 N–H and O–H groups in total. The number of sulfonamides is 1. The topological polar surface area (TPSA) is 86.7 Å². The number of carboxylic acid groups (broad SMARTS) is 1. The second-order valence-electron chi connectivity index (χ2n) is 5.99. The van der Waals surface area contributed by atoms with Gasteiger partial charge in [-0.15, -0.1) is 0 Å². The number of hydrogen-bond donors (Lipinski definition) is 2. The average Bonchev–Trinajstić information content (AvgIpc) is 2.61. The number of benzene rings is 2. The number of nitrogens with one attached hydrogen (secondary N) is 1. The van der Waals surface area contributed by atoms with Crippen molar-refractivity contribution in [2.45, 2.75) is 24.7 Å². The van der Waals surface area contributed by atoms with Gasteiger partial charge in [-0.2, -0.15) is 0 Å². The number of anilines is 2. The number of unbranched alkanes of at least 4 members (excludes halogenated alkanes) is 1. The largest absolute Gasteiger partial charge is 0.478 e. The number of halogens is 2. The van der Waals surface area contributed by atoms with Gasteiger partial charge in [0.25, 0.3) is 10.0 Å². The van der Waals surface area contributed by atoms with Crippen LogP contribution in [0.1, 0.15) is 30.1 Å². The van der Waals surface area contributed by atoms with Crippen LogP contribution in [0.15, 0.2) is 41.3 Å². The molecule has 0 fully saturated rings. The van der Waals surface area contributed by atoms with Crippen LogP contribution in [0.5, 0.6) is 0 Å². The molecule has 0 heterocycles. The van der Waals surface area contributed by atoms with Gasteiger partial charge >= 0.3 is 5.97 Å². The van der Waals surface area contributed by atoms with E-state index in [4.69, 9.17) is 0 Å². The molecule has 9 heteroatoms. The average molecular weight is 398 g/mol. The monoisotopic (exact) mass is 398 g/mol. The van der Waals surface area contributed by atoms with E-state index in [1.54, 1.807) is 11.9 Å². The van der Waals surface area contributed by atoms with Gasteiger partial charge in [-0.05, 0) is 42.8 Å². The first-order valence-corrected chi connectivity index (χ1v) is 9.70. The highest BCUT2D eigenvalue weighted by molar-refractivity contribution is 7.92. The molecule has 0 saturated carbocycles. The zero-order chi connectivity index (χ0) is 20.2. The van der Waals surface area contributed by atoms with E-state index < -0.39 is 32.5 Å².